The van der Waals surface area contributed by atoms with Crippen molar-refractivity contribution in [3.8, 4) is 0 Å². The third kappa shape index (κ3) is 7.41. The molecule has 0 unspecified atom stereocenters. The van der Waals surface area contributed by atoms with Gasteiger partial charge in [-0.05, 0) is 35.4 Å². The predicted molar refractivity (Wildman–Crippen MR) is 138 cm³/mol. The van der Waals surface area contributed by atoms with E-state index in [0.717, 1.165) is 22.4 Å². The first-order valence-corrected chi connectivity index (χ1v) is 12.8. The van der Waals surface area contributed by atoms with Gasteiger partial charge in [-0.15, -0.1) is 11.8 Å². The Balaban J connectivity index is 1.50. The van der Waals surface area contributed by atoms with Crippen LogP contribution in [0, 0.1) is 0 Å². The second-order valence-corrected chi connectivity index (χ2v) is 9.63. The molecule has 3 N–H and O–H groups in total. The molecule has 0 aromatic heterocycles. The summed E-state index contributed by atoms with van der Waals surface area (Å²) in [6.45, 7) is -0.0150. The lowest BCUT2D eigenvalue weighted by atomic mass is 10.0. The van der Waals surface area contributed by atoms with Gasteiger partial charge >= 0.3 is 5.97 Å². The molecular formula is C28H29NO6S. The summed E-state index contributed by atoms with van der Waals surface area (Å²) in [4.78, 5) is 24.0. The van der Waals surface area contributed by atoms with Gasteiger partial charge in [-0.3, -0.25) is 9.59 Å². The molecule has 3 aromatic carbocycles. The second-order valence-electron chi connectivity index (χ2n) is 8.54. The average Bonchev–Trinajstić information content (AvgIpc) is 2.91. The minimum Gasteiger partial charge on any atom is -0.481 e. The van der Waals surface area contributed by atoms with Crippen LogP contribution in [0.4, 0.5) is 5.69 Å². The van der Waals surface area contributed by atoms with E-state index in [9.17, 15) is 14.7 Å². The molecule has 1 heterocycles. The van der Waals surface area contributed by atoms with Crippen LogP contribution >= 0.6 is 11.8 Å². The number of anilines is 1. The molecule has 1 amide bonds. The van der Waals surface area contributed by atoms with Gasteiger partial charge in [0.05, 0.1) is 25.2 Å². The van der Waals surface area contributed by atoms with Crippen LogP contribution in [0.1, 0.15) is 48.3 Å². The topological polar surface area (TPSA) is 105 Å². The maximum absolute atomic E-state index is 12.1. The van der Waals surface area contributed by atoms with Crippen molar-refractivity contribution in [2.24, 2.45) is 0 Å². The number of ether oxygens (including phenoxy) is 2. The fourth-order valence-corrected chi connectivity index (χ4v) is 4.88. The molecule has 1 aliphatic heterocycles. The van der Waals surface area contributed by atoms with Crippen molar-refractivity contribution in [3.05, 3.63) is 95.6 Å². The number of hydrogen-bond donors (Lipinski definition) is 3. The Bertz CT molecular complexity index is 1150. The van der Waals surface area contributed by atoms with Gasteiger partial charge in [0.1, 0.15) is 0 Å². The molecule has 1 saturated heterocycles. The Labute approximate surface area is 214 Å². The SMILES string of the molecule is O=C(O)CCC(=O)Nc1cccc([C@@H]2O[C@H](CSc3ccccc3)C[C@H](c3ccc(CO)cc3)O2)c1. The highest BCUT2D eigenvalue weighted by atomic mass is 32.2. The third-order valence-corrected chi connectivity index (χ3v) is 6.95. The standard InChI is InChI=1S/C28H29NO6S/c30-17-19-9-11-20(12-10-19)25-16-23(18-36-24-7-2-1-3-8-24)34-28(35-25)21-5-4-6-22(15-21)29-26(31)13-14-27(32)33/h1-12,15,23,25,28,30H,13-14,16-18H2,(H,29,31)(H,32,33)/t23-,25+,28+/m0/s1. The fraction of sp³-hybridized carbons (Fsp3) is 0.286. The predicted octanol–water partition coefficient (Wildman–Crippen LogP) is 5.32. The Hall–Kier alpha value is -3.17. The number of carboxylic acid groups (broad SMARTS) is 1. The average molecular weight is 508 g/mol. The van der Waals surface area contributed by atoms with Crippen molar-refractivity contribution in [1.29, 1.82) is 0 Å². The number of benzene rings is 3. The molecule has 0 spiro atoms. The van der Waals surface area contributed by atoms with Gasteiger partial charge in [-0.25, -0.2) is 0 Å². The quantitative estimate of drug-likeness (QED) is 0.319. The van der Waals surface area contributed by atoms with Crippen LogP contribution in [0.3, 0.4) is 0 Å². The minimum atomic E-state index is -1.01. The summed E-state index contributed by atoms with van der Waals surface area (Å²) in [5.74, 6) is -0.625. The Morgan fingerprint density at radius 2 is 1.69 bits per heavy atom. The Morgan fingerprint density at radius 1 is 0.917 bits per heavy atom. The van der Waals surface area contributed by atoms with Gasteiger partial charge in [0, 0.05) is 34.7 Å². The number of rotatable bonds is 10. The van der Waals surface area contributed by atoms with Gasteiger partial charge in [-0.1, -0.05) is 54.6 Å². The van der Waals surface area contributed by atoms with Crippen LogP contribution in [-0.4, -0.2) is 33.9 Å². The number of thioether (sulfide) groups is 1. The van der Waals surface area contributed by atoms with E-state index in [1.54, 1.807) is 23.9 Å². The summed E-state index contributed by atoms with van der Waals surface area (Å²) >= 11 is 1.73. The van der Waals surface area contributed by atoms with Crippen LogP contribution in [0.15, 0.2) is 83.8 Å². The molecule has 7 nitrogen and oxygen atoms in total. The number of aliphatic carboxylic acids is 1. The Morgan fingerprint density at radius 3 is 2.42 bits per heavy atom. The molecule has 0 bridgehead atoms. The largest absolute Gasteiger partial charge is 0.481 e. The maximum atomic E-state index is 12.1. The lowest BCUT2D eigenvalue weighted by Gasteiger charge is -2.36. The van der Waals surface area contributed by atoms with Crippen LogP contribution in [0.2, 0.25) is 0 Å². The lowest BCUT2D eigenvalue weighted by molar-refractivity contribution is -0.245. The lowest BCUT2D eigenvalue weighted by Crippen LogP contribution is -2.31. The number of carbonyl (C=O) groups is 2. The van der Waals surface area contributed by atoms with E-state index in [4.69, 9.17) is 14.6 Å². The van der Waals surface area contributed by atoms with E-state index in [0.29, 0.717) is 12.1 Å². The first-order chi connectivity index (χ1) is 17.5. The highest BCUT2D eigenvalue weighted by Gasteiger charge is 2.32. The van der Waals surface area contributed by atoms with Crippen molar-refractivity contribution in [3.63, 3.8) is 0 Å². The molecule has 188 valence electrons. The zero-order valence-corrected chi connectivity index (χ0v) is 20.5. The van der Waals surface area contributed by atoms with Crippen molar-refractivity contribution in [2.75, 3.05) is 11.1 Å². The molecule has 3 atom stereocenters. The van der Waals surface area contributed by atoms with Crippen LogP contribution < -0.4 is 5.32 Å². The molecule has 4 rings (SSSR count). The number of aliphatic hydroxyl groups is 1. The van der Waals surface area contributed by atoms with Gasteiger partial charge in [0.25, 0.3) is 0 Å². The second kappa shape index (κ2) is 12.7. The van der Waals surface area contributed by atoms with Crippen molar-refractivity contribution >= 4 is 29.3 Å². The number of nitrogens with one attached hydrogen (secondary N) is 1. The fourth-order valence-electron chi connectivity index (χ4n) is 3.94. The van der Waals surface area contributed by atoms with E-state index in [1.807, 2.05) is 54.6 Å². The molecule has 0 radical (unpaired) electrons. The molecule has 1 fully saturated rings. The van der Waals surface area contributed by atoms with Crippen LogP contribution in [-0.2, 0) is 25.7 Å². The third-order valence-electron chi connectivity index (χ3n) is 5.80. The van der Waals surface area contributed by atoms with Crippen molar-refractivity contribution < 1.29 is 29.3 Å². The maximum Gasteiger partial charge on any atom is 0.303 e. The molecule has 8 heteroatoms. The number of hydrogen-bond acceptors (Lipinski definition) is 6. The van der Waals surface area contributed by atoms with Crippen molar-refractivity contribution in [1.82, 2.24) is 0 Å². The summed E-state index contributed by atoms with van der Waals surface area (Å²) in [6.07, 6.45) is -0.561. The molecule has 36 heavy (non-hydrogen) atoms. The highest BCUT2D eigenvalue weighted by Crippen LogP contribution is 2.39. The molecule has 0 saturated carbocycles. The molecular weight excluding hydrogens is 478 g/mol. The number of aliphatic hydroxyl groups excluding tert-OH is 1. The molecule has 0 aliphatic carbocycles. The summed E-state index contributed by atoms with van der Waals surface area (Å²) in [7, 11) is 0. The van der Waals surface area contributed by atoms with E-state index in [-0.39, 0.29) is 37.6 Å². The number of amides is 1. The number of carbonyl (C=O) groups excluding carboxylic acids is 1. The number of carboxylic acids is 1. The Kier molecular flexibility index (Phi) is 9.13. The van der Waals surface area contributed by atoms with Gasteiger partial charge in [0.15, 0.2) is 6.29 Å². The normalized spacial score (nSPS) is 19.5. The van der Waals surface area contributed by atoms with E-state index in [2.05, 4.69) is 17.4 Å². The first-order valence-electron chi connectivity index (χ1n) is 11.8. The summed E-state index contributed by atoms with van der Waals surface area (Å²) in [5.41, 5.74) is 3.16. The van der Waals surface area contributed by atoms with Crippen LogP contribution in [0.25, 0.3) is 0 Å². The van der Waals surface area contributed by atoms with Crippen molar-refractivity contribution in [2.45, 2.75) is 49.3 Å². The van der Waals surface area contributed by atoms with Gasteiger partial charge in [-0.2, -0.15) is 0 Å². The van der Waals surface area contributed by atoms with E-state index >= 15 is 0 Å². The zero-order chi connectivity index (χ0) is 25.3. The first kappa shape index (κ1) is 25.9. The van der Waals surface area contributed by atoms with E-state index in [1.165, 1.54) is 4.90 Å². The van der Waals surface area contributed by atoms with Gasteiger partial charge in [0.2, 0.25) is 5.91 Å². The van der Waals surface area contributed by atoms with E-state index < -0.39 is 12.3 Å². The van der Waals surface area contributed by atoms with Crippen LogP contribution in [0.5, 0.6) is 0 Å². The highest BCUT2D eigenvalue weighted by molar-refractivity contribution is 7.99. The summed E-state index contributed by atoms with van der Waals surface area (Å²) in [5, 5.41) is 20.9. The summed E-state index contributed by atoms with van der Waals surface area (Å²) < 4.78 is 12.7. The summed E-state index contributed by atoms with van der Waals surface area (Å²) in [6, 6.07) is 25.1. The minimum absolute atomic E-state index is 0.0150. The molecule has 1 aliphatic rings. The van der Waals surface area contributed by atoms with Gasteiger partial charge < -0.3 is 25.0 Å². The molecule has 3 aromatic rings. The zero-order valence-electron chi connectivity index (χ0n) is 19.7. The monoisotopic (exact) mass is 507 g/mol. The smallest absolute Gasteiger partial charge is 0.303 e.